The Kier molecular flexibility index (Phi) is 4.28. The molecule has 5 nitrogen and oxygen atoms in total. The molecule has 0 aliphatic carbocycles. The van der Waals surface area contributed by atoms with Crippen LogP contribution in [0.4, 0.5) is 16.2 Å². The third-order valence-electron chi connectivity index (χ3n) is 3.90. The first kappa shape index (κ1) is 15.1. The van der Waals surface area contributed by atoms with Gasteiger partial charge in [0.2, 0.25) is 5.91 Å². The number of hydrogen-bond donors (Lipinski definition) is 2. The summed E-state index contributed by atoms with van der Waals surface area (Å²) in [4.78, 5) is 25.2. The lowest BCUT2D eigenvalue weighted by Gasteiger charge is -2.15. The number of rotatable bonds is 3. The topological polar surface area (TPSA) is 61.4 Å². The number of carbonyl (C=O) groups excluding carboxylic acids is 2. The monoisotopic (exact) mass is 309 g/mol. The van der Waals surface area contributed by atoms with E-state index in [-0.39, 0.29) is 11.9 Å². The van der Waals surface area contributed by atoms with Crippen LogP contribution < -0.4 is 15.5 Å². The van der Waals surface area contributed by atoms with E-state index >= 15 is 0 Å². The highest BCUT2D eigenvalue weighted by Crippen LogP contribution is 2.28. The van der Waals surface area contributed by atoms with Crippen LogP contribution in [-0.4, -0.2) is 18.5 Å². The third-order valence-corrected chi connectivity index (χ3v) is 3.90. The summed E-state index contributed by atoms with van der Waals surface area (Å²) in [7, 11) is 0. The number of benzene rings is 2. The van der Waals surface area contributed by atoms with Gasteiger partial charge in [-0.2, -0.15) is 0 Å². The molecule has 0 saturated carbocycles. The van der Waals surface area contributed by atoms with E-state index in [1.165, 1.54) is 0 Å². The van der Waals surface area contributed by atoms with Crippen molar-refractivity contribution in [3.8, 4) is 0 Å². The Morgan fingerprint density at radius 2 is 1.91 bits per heavy atom. The van der Waals surface area contributed by atoms with Crippen molar-refractivity contribution in [2.45, 2.75) is 19.9 Å². The molecule has 2 aromatic carbocycles. The molecule has 0 radical (unpaired) electrons. The van der Waals surface area contributed by atoms with Gasteiger partial charge < -0.3 is 15.5 Å². The highest BCUT2D eigenvalue weighted by Gasteiger charge is 2.21. The summed E-state index contributed by atoms with van der Waals surface area (Å²) >= 11 is 0. The molecular formula is C18H19N3O2. The number of nitrogens with one attached hydrogen (secondary N) is 2. The minimum Gasteiger partial charge on any atom is -0.334 e. The molecular weight excluding hydrogens is 290 g/mol. The number of hydrogen-bond acceptors (Lipinski definition) is 2. The molecule has 3 rings (SSSR count). The molecule has 1 aliphatic rings. The summed E-state index contributed by atoms with van der Waals surface area (Å²) in [5, 5.41) is 5.63. The first-order valence-corrected chi connectivity index (χ1v) is 7.63. The summed E-state index contributed by atoms with van der Waals surface area (Å²) < 4.78 is 0. The fourth-order valence-corrected chi connectivity index (χ4v) is 2.77. The number of anilines is 2. The van der Waals surface area contributed by atoms with Gasteiger partial charge in [-0.15, -0.1) is 0 Å². The average Bonchev–Trinajstić information content (AvgIpc) is 2.97. The highest BCUT2D eigenvalue weighted by molar-refractivity contribution is 5.93. The lowest BCUT2D eigenvalue weighted by atomic mass is 10.1. The predicted octanol–water partition coefficient (Wildman–Crippen LogP) is 2.92. The van der Waals surface area contributed by atoms with Crippen LogP contribution >= 0.6 is 0 Å². The van der Waals surface area contributed by atoms with Crippen LogP contribution in [0.1, 0.15) is 18.1 Å². The lowest BCUT2D eigenvalue weighted by molar-refractivity contribution is -0.116. The van der Waals surface area contributed by atoms with Gasteiger partial charge in [-0.1, -0.05) is 30.3 Å². The number of amides is 3. The third kappa shape index (κ3) is 3.51. The molecule has 1 aliphatic heterocycles. The highest BCUT2D eigenvalue weighted by atomic mass is 16.2. The second kappa shape index (κ2) is 6.52. The Hall–Kier alpha value is -2.82. The van der Waals surface area contributed by atoms with E-state index in [4.69, 9.17) is 0 Å². The van der Waals surface area contributed by atoms with E-state index in [2.05, 4.69) is 16.7 Å². The smallest absolute Gasteiger partial charge is 0.319 e. The number of urea groups is 1. The molecule has 0 bridgehead atoms. The molecule has 1 heterocycles. The Morgan fingerprint density at radius 1 is 1.13 bits per heavy atom. The van der Waals surface area contributed by atoms with Crippen LogP contribution in [0.25, 0.3) is 0 Å². The maximum absolute atomic E-state index is 11.9. The van der Waals surface area contributed by atoms with Gasteiger partial charge >= 0.3 is 6.03 Å². The van der Waals surface area contributed by atoms with Crippen LogP contribution in [0.2, 0.25) is 0 Å². The lowest BCUT2D eigenvalue weighted by Crippen LogP contribution is -2.28. The summed E-state index contributed by atoms with van der Waals surface area (Å²) in [6.07, 6.45) is 0.860. The van der Waals surface area contributed by atoms with E-state index in [1.807, 2.05) is 42.5 Å². The normalized spacial score (nSPS) is 12.7. The van der Waals surface area contributed by atoms with Crippen molar-refractivity contribution in [2.75, 3.05) is 16.8 Å². The van der Waals surface area contributed by atoms with Crippen LogP contribution in [0.5, 0.6) is 0 Å². The summed E-state index contributed by atoms with van der Waals surface area (Å²) in [5.74, 6) is 0.0665. The Balaban J connectivity index is 1.59. The minimum absolute atomic E-state index is 0.0665. The number of fused-ring (bicyclic) bond motifs is 1. The van der Waals surface area contributed by atoms with Gasteiger partial charge in [-0.25, -0.2) is 4.79 Å². The van der Waals surface area contributed by atoms with Crippen LogP contribution in [0.3, 0.4) is 0 Å². The second-order valence-electron chi connectivity index (χ2n) is 5.56. The molecule has 0 aromatic heterocycles. The molecule has 0 spiro atoms. The number of para-hydroxylation sites is 1. The van der Waals surface area contributed by atoms with E-state index in [0.717, 1.165) is 35.5 Å². The van der Waals surface area contributed by atoms with Gasteiger partial charge in [0.05, 0.1) is 0 Å². The largest absolute Gasteiger partial charge is 0.334 e. The van der Waals surface area contributed by atoms with Gasteiger partial charge in [0, 0.05) is 31.4 Å². The maximum atomic E-state index is 11.9. The zero-order chi connectivity index (χ0) is 16.2. The summed E-state index contributed by atoms with van der Waals surface area (Å²) in [6.45, 7) is 2.76. The molecule has 5 heteroatoms. The van der Waals surface area contributed by atoms with Crippen molar-refractivity contribution < 1.29 is 9.59 Å². The predicted molar refractivity (Wildman–Crippen MR) is 90.5 cm³/mol. The summed E-state index contributed by atoms with van der Waals surface area (Å²) in [6, 6.07) is 15.0. The van der Waals surface area contributed by atoms with Crippen LogP contribution in [0.15, 0.2) is 48.5 Å². The maximum Gasteiger partial charge on any atom is 0.319 e. The van der Waals surface area contributed by atoms with E-state index in [0.29, 0.717) is 6.54 Å². The Labute approximate surface area is 135 Å². The zero-order valence-electron chi connectivity index (χ0n) is 13.0. The summed E-state index contributed by atoms with van der Waals surface area (Å²) in [5.41, 5.74) is 3.92. The quantitative estimate of drug-likeness (QED) is 0.916. The molecule has 0 unspecified atom stereocenters. The first-order valence-electron chi connectivity index (χ1n) is 7.63. The molecule has 23 heavy (non-hydrogen) atoms. The van der Waals surface area contributed by atoms with E-state index in [9.17, 15) is 9.59 Å². The van der Waals surface area contributed by atoms with E-state index in [1.54, 1.807) is 11.8 Å². The fraction of sp³-hybridized carbons (Fsp3) is 0.222. The molecule has 2 aromatic rings. The van der Waals surface area contributed by atoms with Gasteiger partial charge in [0.25, 0.3) is 0 Å². The van der Waals surface area contributed by atoms with Gasteiger partial charge in [-0.05, 0) is 35.7 Å². The standard InChI is InChI=1S/C18H19N3O2/c1-13(22)21-10-9-15-11-14(7-8-17(15)21)12-19-18(23)20-16-5-3-2-4-6-16/h2-8,11H,9-10,12H2,1H3,(H2,19,20,23). The number of carbonyl (C=O) groups is 2. The van der Waals surface area contributed by atoms with E-state index < -0.39 is 0 Å². The van der Waals surface area contributed by atoms with Crippen molar-refractivity contribution in [3.63, 3.8) is 0 Å². The average molecular weight is 309 g/mol. The fourth-order valence-electron chi connectivity index (χ4n) is 2.77. The SMILES string of the molecule is CC(=O)N1CCc2cc(CNC(=O)Nc3ccccc3)ccc21. The van der Waals surface area contributed by atoms with Crippen LogP contribution in [-0.2, 0) is 17.8 Å². The van der Waals surface area contributed by atoms with Gasteiger partial charge in [0.15, 0.2) is 0 Å². The molecule has 0 atom stereocenters. The zero-order valence-corrected chi connectivity index (χ0v) is 13.0. The van der Waals surface area contributed by atoms with Crippen LogP contribution in [0, 0.1) is 0 Å². The second-order valence-corrected chi connectivity index (χ2v) is 5.56. The molecule has 0 fully saturated rings. The molecule has 3 amide bonds. The number of nitrogens with zero attached hydrogens (tertiary/aromatic N) is 1. The van der Waals surface area contributed by atoms with Crippen molar-refractivity contribution in [1.82, 2.24) is 5.32 Å². The Morgan fingerprint density at radius 3 is 2.65 bits per heavy atom. The van der Waals surface area contributed by atoms with Crippen molar-refractivity contribution in [2.24, 2.45) is 0 Å². The van der Waals surface area contributed by atoms with Gasteiger partial charge in [0.1, 0.15) is 0 Å². The molecule has 0 saturated heterocycles. The molecule has 2 N–H and O–H groups in total. The Bertz CT molecular complexity index is 728. The van der Waals surface area contributed by atoms with Crippen molar-refractivity contribution in [3.05, 3.63) is 59.7 Å². The van der Waals surface area contributed by atoms with Crippen molar-refractivity contribution >= 4 is 23.3 Å². The minimum atomic E-state index is -0.234. The van der Waals surface area contributed by atoms with Crippen molar-refractivity contribution in [1.29, 1.82) is 0 Å². The van der Waals surface area contributed by atoms with Gasteiger partial charge in [-0.3, -0.25) is 4.79 Å². The molecule has 118 valence electrons. The first-order chi connectivity index (χ1) is 11.1.